The summed E-state index contributed by atoms with van der Waals surface area (Å²) in [6.07, 6.45) is 3.70. The van der Waals surface area contributed by atoms with Crippen LogP contribution in [0.5, 0.6) is 0 Å². The number of para-hydroxylation sites is 1. The first kappa shape index (κ1) is 8.82. The third kappa shape index (κ3) is 1.00. The highest BCUT2D eigenvalue weighted by Gasteiger charge is 2.53. The summed E-state index contributed by atoms with van der Waals surface area (Å²) >= 11 is 0. The Hall–Kier alpha value is -1.28. The molecule has 16 heavy (non-hydrogen) atoms. The molecule has 1 spiro atoms. The molecule has 0 bridgehead atoms. The van der Waals surface area contributed by atoms with Gasteiger partial charge in [0.15, 0.2) is 0 Å². The molecule has 2 aromatic rings. The predicted molar refractivity (Wildman–Crippen MR) is 65.3 cm³/mol. The van der Waals surface area contributed by atoms with E-state index in [4.69, 9.17) is 5.73 Å². The highest BCUT2D eigenvalue weighted by atomic mass is 15.0. The Bertz CT molecular complexity index is 569. The molecule has 2 N–H and O–H groups in total. The zero-order valence-electron chi connectivity index (χ0n) is 9.32. The molecule has 0 radical (unpaired) electrons. The number of rotatable bonds is 0. The Kier molecular flexibility index (Phi) is 1.48. The molecule has 1 aromatic heterocycles. The van der Waals surface area contributed by atoms with Crippen LogP contribution in [0, 0.1) is 5.41 Å². The van der Waals surface area contributed by atoms with Crippen LogP contribution in [-0.2, 0) is 13.0 Å². The average Bonchev–Trinajstić information content (AvgIpc) is 2.77. The highest BCUT2D eigenvalue weighted by Crippen LogP contribution is 2.52. The third-order valence-corrected chi connectivity index (χ3v) is 4.50. The molecule has 0 unspecified atom stereocenters. The standard InChI is InChI=1S/C14H16N2/c15-13-8-14(13)6-5-11-7-10-3-1-2-4-12(10)16(11)9-14/h1-4,7,13H,5-6,8-9,15H2/t13-,14+/m0/s1. The highest BCUT2D eigenvalue weighted by molar-refractivity contribution is 5.81. The zero-order valence-corrected chi connectivity index (χ0v) is 9.32. The van der Waals surface area contributed by atoms with Crippen LogP contribution in [0.3, 0.4) is 0 Å². The van der Waals surface area contributed by atoms with E-state index in [1.165, 1.54) is 35.9 Å². The van der Waals surface area contributed by atoms with Gasteiger partial charge in [-0.2, -0.15) is 0 Å². The lowest BCUT2D eigenvalue weighted by Gasteiger charge is -2.25. The number of aromatic nitrogens is 1. The second-order valence-electron chi connectivity index (χ2n) is 5.45. The van der Waals surface area contributed by atoms with E-state index in [1.807, 2.05) is 0 Å². The fourth-order valence-electron chi connectivity index (χ4n) is 3.28. The Balaban J connectivity index is 1.90. The van der Waals surface area contributed by atoms with Gasteiger partial charge in [0.05, 0.1) is 0 Å². The van der Waals surface area contributed by atoms with Crippen molar-refractivity contribution in [1.29, 1.82) is 0 Å². The van der Waals surface area contributed by atoms with Gasteiger partial charge in [-0.15, -0.1) is 0 Å². The van der Waals surface area contributed by atoms with Gasteiger partial charge >= 0.3 is 0 Å². The summed E-state index contributed by atoms with van der Waals surface area (Å²) in [6.45, 7) is 1.14. The second-order valence-corrected chi connectivity index (χ2v) is 5.45. The lowest BCUT2D eigenvalue weighted by atomic mass is 9.94. The Morgan fingerprint density at radius 2 is 2.12 bits per heavy atom. The predicted octanol–water partition coefficient (Wildman–Crippen LogP) is 2.30. The molecule has 0 amide bonds. The molecule has 1 aromatic carbocycles. The Morgan fingerprint density at radius 1 is 1.31 bits per heavy atom. The van der Waals surface area contributed by atoms with E-state index in [2.05, 4.69) is 34.9 Å². The number of fused-ring (bicyclic) bond motifs is 3. The number of hydrogen-bond acceptors (Lipinski definition) is 1. The van der Waals surface area contributed by atoms with Crippen LogP contribution in [0.1, 0.15) is 18.5 Å². The van der Waals surface area contributed by atoms with E-state index < -0.39 is 0 Å². The van der Waals surface area contributed by atoms with Crippen molar-refractivity contribution < 1.29 is 0 Å². The molecule has 1 aliphatic heterocycles. The van der Waals surface area contributed by atoms with E-state index >= 15 is 0 Å². The molecular weight excluding hydrogens is 196 g/mol. The molecule has 2 heterocycles. The molecule has 2 aliphatic rings. The summed E-state index contributed by atoms with van der Waals surface area (Å²) in [7, 11) is 0. The van der Waals surface area contributed by atoms with Crippen LogP contribution in [0.25, 0.3) is 10.9 Å². The molecule has 1 aliphatic carbocycles. The van der Waals surface area contributed by atoms with Crippen LogP contribution in [-0.4, -0.2) is 10.6 Å². The van der Waals surface area contributed by atoms with Crippen molar-refractivity contribution in [3.8, 4) is 0 Å². The first-order valence-corrected chi connectivity index (χ1v) is 6.11. The van der Waals surface area contributed by atoms with Crippen molar-refractivity contribution in [3.63, 3.8) is 0 Å². The van der Waals surface area contributed by atoms with Gasteiger partial charge in [0.1, 0.15) is 0 Å². The number of benzene rings is 1. The topological polar surface area (TPSA) is 30.9 Å². The summed E-state index contributed by atoms with van der Waals surface area (Å²) in [5.74, 6) is 0. The molecule has 4 rings (SSSR count). The molecular formula is C14H16N2. The smallest absolute Gasteiger partial charge is 0.0482 e. The summed E-state index contributed by atoms with van der Waals surface area (Å²) in [5, 5.41) is 1.38. The van der Waals surface area contributed by atoms with E-state index in [9.17, 15) is 0 Å². The lowest BCUT2D eigenvalue weighted by molar-refractivity contribution is 0.342. The van der Waals surface area contributed by atoms with Crippen LogP contribution in [0.2, 0.25) is 0 Å². The molecule has 2 atom stereocenters. The molecule has 82 valence electrons. The number of hydrogen-bond donors (Lipinski definition) is 1. The minimum atomic E-state index is 0.439. The van der Waals surface area contributed by atoms with Crippen molar-refractivity contribution in [1.82, 2.24) is 4.57 Å². The van der Waals surface area contributed by atoms with Gasteiger partial charge in [0, 0.05) is 29.2 Å². The van der Waals surface area contributed by atoms with E-state index in [-0.39, 0.29) is 0 Å². The SMILES string of the molecule is N[C@H]1C[C@@]12CCc1cc3ccccc3n1C2. The largest absolute Gasteiger partial charge is 0.344 e. The maximum atomic E-state index is 6.09. The van der Waals surface area contributed by atoms with Crippen molar-refractivity contribution in [2.45, 2.75) is 31.8 Å². The lowest BCUT2D eigenvalue weighted by Crippen LogP contribution is -2.26. The van der Waals surface area contributed by atoms with Crippen LogP contribution in [0.15, 0.2) is 30.3 Å². The van der Waals surface area contributed by atoms with Crippen molar-refractivity contribution >= 4 is 10.9 Å². The molecule has 1 saturated carbocycles. The Labute approximate surface area is 95.1 Å². The maximum absolute atomic E-state index is 6.09. The van der Waals surface area contributed by atoms with Crippen LogP contribution >= 0.6 is 0 Å². The van der Waals surface area contributed by atoms with Gasteiger partial charge < -0.3 is 10.3 Å². The third-order valence-electron chi connectivity index (χ3n) is 4.50. The van der Waals surface area contributed by atoms with Crippen molar-refractivity contribution in [3.05, 3.63) is 36.0 Å². The monoisotopic (exact) mass is 212 g/mol. The molecule has 2 heteroatoms. The first-order valence-electron chi connectivity index (χ1n) is 6.11. The van der Waals surface area contributed by atoms with Crippen LogP contribution < -0.4 is 5.73 Å². The second kappa shape index (κ2) is 2.69. The van der Waals surface area contributed by atoms with E-state index in [0.717, 1.165) is 6.54 Å². The van der Waals surface area contributed by atoms with Gasteiger partial charge in [0.25, 0.3) is 0 Å². The summed E-state index contributed by atoms with van der Waals surface area (Å²) < 4.78 is 2.49. The fourth-order valence-corrected chi connectivity index (χ4v) is 3.28. The van der Waals surface area contributed by atoms with Gasteiger partial charge in [-0.1, -0.05) is 18.2 Å². The van der Waals surface area contributed by atoms with Gasteiger partial charge in [0.2, 0.25) is 0 Å². The fraction of sp³-hybridized carbons (Fsp3) is 0.429. The first-order chi connectivity index (χ1) is 7.78. The van der Waals surface area contributed by atoms with Gasteiger partial charge in [-0.25, -0.2) is 0 Å². The summed E-state index contributed by atoms with van der Waals surface area (Å²) in [5.41, 5.74) is 9.40. The molecule has 2 nitrogen and oxygen atoms in total. The van der Waals surface area contributed by atoms with Crippen molar-refractivity contribution in [2.24, 2.45) is 11.1 Å². The average molecular weight is 212 g/mol. The van der Waals surface area contributed by atoms with Crippen molar-refractivity contribution in [2.75, 3.05) is 0 Å². The zero-order chi connectivity index (χ0) is 10.8. The minimum Gasteiger partial charge on any atom is -0.344 e. The van der Waals surface area contributed by atoms with Crippen LogP contribution in [0.4, 0.5) is 0 Å². The normalized spacial score (nSPS) is 31.9. The number of aryl methyl sites for hydroxylation is 1. The molecule has 1 fully saturated rings. The number of nitrogens with zero attached hydrogens (tertiary/aromatic N) is 1. The molecule has 0 saturated heterocycles. The maximum Gasteiger partial charge on any atom is 0.0482 e. The quantitative estimate of drug-likeness (QED) is 0.713. The summed E-state index contributed by atoms with van der Waals surface area (Å²) in [6, 6.07) is 11.5. The summed E-state index contributed by atoms with van der Waals surface area (Å²) in [4.78, 5) is 0. The minimum absolute atomic E-state index is 0.439. The van der Waals surface area contributed by atoms with Gasteiger partial charge in [-0.3, -0.25) is 0 Å². The van der Waals surface area contributed by atoms with E-state index in [0.29, 0.717) is 11.5 Å². The number of nitrogens with two attached hydrogens (primary N) is 1. The Morgan fingerprint density at radius 3 is 2.94 bits per heavy atom. The van der Waals surface area contributed by atoms with E-state index in [1.54, 1.807) is 0 Å². The van der Waals surface area contributed by atoms with Gasteiger partial charge in [-0.05, 0) is 36.8 Å².